The molecule has 0 unspecified atom stereocenters. The van der Waals surface area contributed by atoms with E-state index in [4.69, 9.17) is 0 Å². The van der Waals surface area contributed by atoms with Gasteiger partial charge in [-0.05, 0) is 18.2 Å². The van der Waals surface area contributed by atoms with Crippen molar-refractivity contribution in [2.45, 2.75) is 0 Å². The molecular weight excluding hydrogens is 240 g/mol. The smallest absolute Gasteiger partial charge is 0.337 e. The van der Waals surface area contributed by atoms with E-state index in [2.05, 4.69) is 9.97 Å². The zero-order valence-corrected chi connectivity index (χ0v) is 9.95. The molecule has 0 fully saturated rings. The van der Waals surface area contributed by atoms with E-state index in [0.717, 1.165) is 10.9 Å². The van der Waals surface area contributed by atoms with Crippen molar-refractivity contribution in [3.63, 3.8) is 0 Å². The number of hydrogen-bond acceptors (Lipinski definition) is 3. The fourth-order valence-electron chi connectivity index (χ4n) is 1.98. The second-order valence-electron chi connectivity index (χ2n) is 4.11. The highest BCUT2D eigenvalue weighted by atomic mass is 16.4. The molecule has 2 aromatic heterocycles. The van der Waals surface area contributed by atoms with E-state index in [9.17, 15) is 9.90 Å². The summed E-state index contributed by atoms with van der Waals surface area (Å²) >= 11 is 0. The Morgan fingerprint density at radius 1 is 1.05 bits per heavy atom. The van der Waals surface area contributed by atoms with Crippen molar-refractivity contribution in [3.05, 3.63) is 60.3 Å². The van der Waals surface area contributed by atoms with Gasteiger partial charge >= 0.3 is 5.97 Å². The minimum absolute atomic E-state index is 0.187. The largest absolute Gasteiger partial charge is 0.478 e. The summed E-state index contributed by atoms with van der Waals surface area (Å²) in [5.74, 6) is -0.989. The molecule has 0 spiro atoms. The van der Waals surface area contributed by atoms with E-state index in [0.29, 0.717) is 11.3 Å². The molecule has 1 N–H and O–H groups in total. The zero-order chi connectivity index (χ0) is 13.2. The van der Waals surface area contributed by atoms with Crippen LogP contribution in [0.2, 0.25) is 0 Å². The normalized spacial score (nSPS) is 10.5. The van der Waals surface area contributed by atoms with Crippen molar-refractivity contribution in [3.8, 4) is 11.3 Å². The molecule has 3 aromatic rings. The second-order valence-corrected chi connectivity index (χ2v) is 4.11. The summed E-state index contributed by atoms with van der Waals surface area (Å²) < 4.78 is 0. The van der Waals surface area contributed by atoms with E-state index in [1.165, 1.54) is 0 Å². The SMILES string of the molecule is O=C(O)c1cc2cccnc2nc1-c1ccccc1. The fraction of sp³-hybridized carbons (Fsp3) is 0. The molecule has 0 radical (unpaired) electrons. The summed E-state index contributed by atoms with van der Waals surface area (Å²) in [6.45, 7) is 0. The monoisotopic (exact) mass is 250 g/mol. The van der Waals surface area contributed by atoms with Gasteiger partial charge in [-0.15, -0.1) is 0 Å². The number of nitrogens with zero attached hydrogens (tertiary/aromatic N) is 2. The number of carboxylic acid groups (broad SMARTS) is 1. The van der Waals surface area contributed by atoms with Gasteiger partial charge in [-0.25, -0.2) is 14.8 Å². The summed E-state index contributed by atoms with van der Waals surface area (Å²) in [6.07, 6.45) is 1.64. The second kappa shape index (κ2) is 4.49. The number of aromatic carboxylic acids is 1. The lowest BCUT2D eigenvalue weighted by molar-refractivity contribution is 0.0697. The van der Waals surface area contributed by atoms with Gasteiger partial charge in [0.05, 0.1) is 11.3 Å². The first-order valence-electron chi connectivity index (χ1n) is 5.80. The molecule has 0 aliphatic heterocycles. The van der Waals surface area contributed by atoms with Crippen LogP contribution in [-0.2, 0) is 0 Å². The number of aromatic nitrogens is 2. The van der Waals surface area contributed by atoms with Crippen molar-refractivity contribution in [1.82, 2.24) is 9.97 Å². The van der Waals surface area contributed by atoms with Crippen LogP contribution < -0.4 is 0 Å². The summed E-state index contributed by atoms with van der Waals surface area (Å²) in [4.78, 5) is 19.9. The Morgan fingerprint density at radius 2 is 1.84 bits per heavy atom. The zero-order valence-electron chi connectivity index (χ0n) is 9.95. The average Bonchev–Trinajstić information content (AvgIpc) is 2.46. The van der Waals surface area contributed by atoms with Crippen molar-refractivity contribution in [1.29, 1.82) is 0 Å². The molecule has 0 saturated carbocycles. The molecule has 4 heteroatoms. The Hall–Kier alpha value is -2.75. The third kappa shape index (κ3) is 2.04. The van der Waals surface area contributed by atoms with E-state index < -0.39 is 5.97 Å². The van der Waals surface area contributed by atoms with Crippen LogP contribution in [-0.4, -0.2) is 21.0 Å². The summed E-state index contributed by atoms with van der Waals surface area (Å²) in [7, 11) is 0. The number of carbonyl (C=O) groups is 1. The van der Waals surface area contributed by atoms with Crippen LogP contribution in [0.3, 0.4) is 0 Å². The highest BCUT2D eigenvalue weighted by molar-refractivity contribution is 5.98. The van der Waals surface area contributed by atoms with Crippen molar-refractivity contribution in [2.24, 2.45) is 0 Å². The van der Waals surface area contributed by atoms with Gasteiger partial charge in [0, 0.05) is 17.1 Å². The quantitative estimate of drug-likeness (QED) is 0.759. The molecule has 3 rings (SSSR count). The molecule has 0 amide bonds. The number of fused-ring (bicyclic) bond motifs is 1. The molecule has 0 atom stereocenters. The molecule has 4 nitrogen and oxygen atoms in total. The highest BCUT2D eigenvalue weighted by Gasteiger charge is 2.14. The lowest BCUT2D eigenvalue weighted by Gasteiger charge is -2.07. The maximum atomic E-state index is 11.4. The van der Waals surface area contributed by atoms with Crippen molar-refractivity contribution >= 4 is 17.0 Å². The summed E-state index contributed by atoms with van der Waals surface area (Å²) in [5, 5.41) is 10.0. The van der Waals surface area contributed by atoms with E-state index >= 15 is 0 Å². The van der Waals surface area contributed by atoms with Crippen LogP contribution in [0, 0.1) is 0 Å². The molecule has 0 bridgehead atoms. The highest BCUT2D eigenvalue weighted by Crippen LogP contribution is 2.24. The molecule has 0 saturated heterocycles. The number of carboxylic acids is 1. The summed E-state index contributed by atoms with van der Waals surface area (Å²) in [5.41, 5.74) is 1.95. The predicted octanol–water partition coefficient (Wildman–Crippen LogP) is 3.00. The maximum absolute atomic E-state index is 11.4. The topological polar surface area (TPSA) is 63.1 Å². The molecular formula is C15H10N2O2. The Labute approximate surface area is 109 Å². The van der Waals surface area contributed by atoms with Crippen molar-refractivity contribution in [2.75, 3.05) is 0 Å². The first-order valence-corrected chi connectivity index (χ1v) is 5.80. The van der Waals surface area contributed by atoms with Crippen LogP contribution in [0.25, 0.3) is 22.3 Å². The third-order valence-corrected chi connectivity index (χ3v) is 2.87. The minimum atomic E-state index is -0.989. The number of pyridine rings is 2. The van der Waals surface area contributed by atoms with Crippen molar-refractivity contribution < 1.29 is 9.90 Å². The van der Waals surface area contributed by atoms with E-state index in [1.807, 2.05) is 30.3 Å². The number of rotatable bonds is 2. The maximum Gasteiger partial charge on any atom is 0.337 e. The van der Waals surface area contributed by atoms with Gasteiger partial charge in [0.15, 0.2) is 5.65 Å². The lowest BCUT2D eigenvalue weighted by Crippen LogP contribution is -2.02. The first-order chi connectivity index (χ1) is 9.25. The molecule has 0 aliphatic rings. The molecule has 2 heterocycles. The van der Waals surface area contributed by atoms with Gasteiger partial charge in [-0.1, -0.05) is 30.3 Å². The predicted molar refractivity (Wildman–Crippen MR) is 71.9 cm³/mol. The van der Waals surface area contributed by atoms with E-state index in [1.54, 1.807) is 24.4 Å². The molecule has 92 valence electrons. The lowest BCUT2D eigenvalue weighted by atomic mass is 10.0. The van der Waals surface area contributed by atoms with Crippen LogP contribution in [0.4, 0.5) is 0 Å². The Morgan fingerprint density at radius 3 is 2.58 bits per heavy atom. The van der Waals surface area contributed by atoms with Gasteiger partial charge in [0.1, 0.15) is 0 Å². The summed E-state index contributed by atoms with van der Waals surface area (Å²) in [6, 6.07) is 14.4. The number of hydrogen-bond donors (Lipinski definition) is 1. The van der Waals surface area contributed by atoms with Gasteiger partial charge in [-0.2, -0.15) is 0 Å². The standard InChI is InChI=1S/C15H10N2O2/c18-15(19)12-9-11-7-4-8-16-14(11)17-13(12)10-5-2-1-3-6-10/h1-9H,(H,18,19). The fourth-order valence-corrected chi connectivity index (χ4v) is 1.98. The van der Waals surface area contributed by atoms with Gasteiger partial charge in [0.25, 0.3) is 0 Å². The third-order valence-electron chi connectivity index (χ3n) is 2.87. The Balaban J connectivity index is 2.33. The minimum Gasteiger partial charge on any atom is -0.478 e. The van der Waals surface area contributed by atoms with Gasteiger partial charge in [-0.3, -0.25) is 0 Å². The van der Waals surface area contributed by atoms with Crippen LogP contribution in [0.15, 0.2) is 54.7 Å². The molecule has 0 aliphatic carbocycles. The number of benzene rings is 1. The van der Waals surface area contributed by atoms with Crippen LogP contribution in [0.5, 0.6) is 0 Å². The molecule has 19 heavy (non-hydrogen) atoms. The van der Waals surface area contributed by atoms with Crippen LogP contribution in [0.1, 0.15) is 10.4 Å². The van der Waals surface area contributed by atoms with Gasteiger partial charge in [0.2, 0.25) is 0 Å². The van der Waals surface area contributed by atoms with Gasteiger partial charge < -0.3 is 5.11 Å². The Bertz CT molecular complexity index is 754. The average molecular weight is 250 g/mol. The Kier molecular flexibility index (Phi) is 2.68. The first kappa shape index (κ1) is 11.3. The van der Waals surface area contributed by atoms with E-state index in [-0.39, 0.29) is 5.56 Å². The molecule has 1 aromatic carbocycles. The van der Waals surface area contributed by atoms with Crippen LogP contribution >= 0.6 is 0 Å².